The second-order valence-corrected chi connectivity index (χ2v) is 3.41. The van der Waals surface area contributed by atoms with E-state index in [1.807, 2.05) is 24.9 Å². The summed E-state index contributed by atoms with van der Waals surface area (Å²) >= 11 is 0. The molecular formula is C11H19N3O2. The zero-order valence-corrected chi connectivity index (χ0v) is 10.1. The lowest BCUT2D eigenvalue weighted by Gasteiger charge is -2.18. The van der Waals surface area contributed by atoms with Gasteiger partial charge in [0.15, 0.2) is 0 Å². The van der Waals surface area contributed by atoms with Crippen molar-refractivity contribution in [2.24, 2.45) is 0 Å². The Hall–Kier alpha value is -1.49. The van der Waals surface area contributed by atoms with Crippen LogP contribution in [-0.4, -0.2) is 38.9 Å². The van der Waals surface area contributed by atoms with Crippen LogP contribution < -0.4 is 15.4 Å². The smallest absolute Gasteiger partial charge is 0.239 e. The Kier molecular flexibility index (Phi) is 4.85. The third-order valence-corrected chi connectivity index (χ3v) is 2.18. The summed E-state index contributed by atoms with van der Waals surface area (Å²) in [6.45, 7) is 3.90. The molecule has 0 aromatic carbocycles. The van der Waals surface area contributed by atoms with Crippen molar-refractivity contribution < 1.29 is 9.47 Å². The van der Waals surface area contributed by atoms with Crippen molar-refractivity contribution in [1.29, 1.82) is 0 Å². The summed E-state index contributed by atoms with van der Waals surface area (Å²) in [5.41, 5.74) is 6.31. The maximum absolute atomic E-state index is 5.75. The largest absolute Gasteiger partial charge is 0.476 e. The highest BCUT2D eigenvalue weighted by Gasteiger charge is 2.07. The first-order valence-electron chi connectivity index (χ1n) is 5.28. The zero-order valence-electron chi connectivity index (χ0n) is 10.1. The monoisotopic (exact) mass is 225 g/mol. The van der Waals surface area contributed by atoms with Gasteiger partial charge in [-0.25, -0.2) is 0 Å². The van der Waals surface area contributed by atoms with E-state index in [-0.39, 0.29) is 0 Å². The minimum Gasteiger partial charge on any atom is -0.476 e. The topological polar surface area (TPSA) is 60.6 Å². The third-order valence-electron chi connectivity index (χ3n) is 2.18. The average molecular weight is 225 g/mol. The van der Waals surface area contributed by atoms with E-state index in [1.54, 1.807) is 13.2 Å². The molecule has 1 heterocycles. The molecule has 90 valence electrons. The normalized spacial score (nSPS) is 10.2. The number of nitrogens with two attached hydrogens (primary N) is 1. The Bertz CT molecular complexity index is 331. The van der Waals surface area contributed by atoms with Crippen LogP contribution in [0.1, 0.15) is 6.92 Å². The molecule has 5 heteroatoms. The molecule has 0 radical (unpaired) electrons. The molecule has 0 aliphatic heterocycles. The van der Waals surface area contributed by atoms with Gasteiger partial charge in [-0.2, -0.15) is 4.98 Å². The fourth-order valence-electron chi connectivity index (χ4n) is 1.25. The van der Waals surface area contributed by atoms with Crippen molar-refractivity contribution in [3.05, 3.63) is 12.1 Å². The summed E-state index contributed by atoms with van der Waals surface area (Å²) in [6.07, 6.45) is 0. The molecule has 0 atom stereocenters. The van der Waals surface area contributed by atoms with Gasteiger partial charge < -0.3 is 20.1 Å². The van der Waals surface area contributed by atoms with Crippen LogP contribution in [0.5, 0.6) is 5.88 Å². The Morgan fingerprint density at radius 2 is 2.19 bits per heavy atom. The summed E-state index contributed by atoms with van der Waals surface area (Å²) in [5.74, 6) is 1.32. The SMILES string of the molecule is CCOc1nc(N(C)CCOC)ccc1N. The fraction of sp³-hybridized carbons (Fsp3) is 0.545. The number of likely N-dealkylation sites (N-methyl/N-ethyl adjacent to an activating group) is 1. The van der Waals surface area contributed by atoms with E-state index in [4.69, 9.17) is 15.2 Å². The van der Waals surface area contributed by atoms with Gasteiger partial charge in [0.2, 0.25) is 5.88 Å². The molecule has 0 bridgehead atoms. The Balaban J connectivity index is 2.76. The molecule has 1 aromatic rings. The van der Waals surface area contributed by atoms with Crippen LogP contribution in [-0.2, 0) is 4.74 Å². The Labute approximate surface area is 96.2 Å². The van der Waals surface area contributed by atoms with Gasteiger partial charge in [0.1, 0.15) is 5.82 Å². The number of hydrogen-bond donors (Lipinski definition) is 1. The van der Waals surface area contributed by atoms with Gasteiger partial charge in [0, 0.05) is 20.7 Å². The van der Waals surface area contributed by atoms with E-state index in [1.165, 1.54) is 0 Å². The van der Waals surface area contributed by atoms with Gasteiger partial charge in [-0.1, -0.05) is 0 Å². The number of methoxy groups -OCH3 is 1. The van der Waals surface area contributed by atoms with Gasteiger partial charge in [0.05, 0.1) is 18.9 Å². The van der Waals surface area contributed by atoms with Gasteiger partial charge >= 0.3 is 0 Å². The lowest BCUT2D eigenvalue weighted by molar-refractivity contribution is 0.206. The molecule has 0 spiro atoms. The predicted octanol–water partition coefficient (Wildman–Crippen LogP) is 1.15. The number of nitrogen functional groups attached to an aromatic ring is 1. The van der Waals surface area contributed by atoms with E-state index in [9.17, 15) is 0 Å². The van der Waals surface area contributed by atoms with Gasteiger partial charge in [-0.3, -0.25) is 0 Å². The molecule has 1 rings (SSSR count). The number of pyridine rings is 1. The molecule has 0 aliphatic rings. The average Bonchev–Trinajstić information content (AvgIpc) is 2.29. The first-order chi connectivity index (χ1) is 7.69. The minimum atomic E-state index is 0.490. The molecule has 0 saturated carbocycles. The quantitative estimate of drug-likeness (QED) is 0.786. The van der Waals surface area contributed by atoms with Crippen molar-refractivity contribution in [3.8, 4) is 5.88 Å². The second-order valence-electron chi connectivity index (χ2n) is 3.41. The molecule has 0 aliphatic carbocycles. The van der Waals surface area contributed by atoms with E-state index in [2.05, 4.69) is 4.98 Å². The molecular weight excluding hydrogens is 206 g/mol. The highest BCUT2D eigenvalue weighted by atomic mass is 16.5. The van der Waals surface area contributed by atoms with E-state index < -0.39 is 0 Å². The molecule has 0 fully saturated rings. The van der Waals surface area contributed by atoms with Crippen LogP contribution in [0.2, 0.25) is 0 Å². The molecule has 0 amide bonds. The maximum Gasteiger partial charge on any atom is 0.239 e. The highest BCUT2D eigenvalue weighted by Crippen LogP contribution is 2.22. The summed E-state index contributed by atoms with van der Waals surface area (Å²) in [6, 6.07) is 3.67. The van der Waals surface area contributed by atoms with Crippen molar-refractivity contribution in [1.82, 2.24) is 4.98 Å². The summed E-state index contributed by atoms with van der Waals surface area (Å²) in [4.78, 5) is 6.33. The molecule has 0 unspecified atom stereocenters. The molecule has 2 N–H and O–H groups in total. The number of ether oxygens (including phenoxy) is 2. The van der Waals surface area contributed by atoms with Gasteiger partial charge in [0.25, 0.3) is 0 Å². The summed E-state index contributed by atoms with van der Waals surface area (Å²) in [7, 11) is 3.63. The Morgan fingerprint density at radius 3 is 2.81 bits per heavy atom. The first kappa shape index (κ1) is 12.6. The zero-order chi connectivity index (χ0) is 12.0. The lowest BCUT2D eigenvalue weighted by Crippen LogP contribution is -2.23. The standard InChI is InChI=1S/C11H19N3O2/c1-4-16-11-9(12)5-6-10(13-11)14(2)7-8-15-3/h5-6H,4,7-8,12H2,1-3H3. The van der Waals surface area contributed by atoms with Crippen LogP contribution in [0.25, 0.3) is 0 Å². The highest BCUT2D eigenvalue weighted by molar-refractivity contribution is 5.54. The van der Waals surface area contributed by atoms with Crippen LogP contribution >= 0.6 is 0 Å². The minimum absolute atomic E-state index is 0.490. The van der Waals surface area contributed by atoms with Crippen LogP contribution in [0.15, 0.2) is 12.1 Å². The Morgan fingerprint density at radius 1 is 1.44 bits per heavy atom. The number of hydrogen-bond acceptors (Lipinski definition) is 5. The fourth-order valence-corrected chi connectivity index (χ4v) is 1.25. The lowest BCUT2D eigenvalue weighted by atomic mass is 10.4. The number of anilines is 2. The van der Waals surface area contributed by atoms with Crippen LogP contribution in [0, 0.1) is 0 Å². The number of aromatic nitrogens is 1. The first-order valence-corrected chi connectivity index (χ1v) is 5.28. The summed E-state index contributed by atoms with van der Waals surface area (Å²) in [5, 5.41) is 0. The maximum atomic E-state index is 5.75. The van der Waals surface area contributed by atoms with Crippen molar-refractivity contribution in [2.45, 2.75) is 6.92 Å². The molecule has 1 aromatic heterocycles. The van der Waals surface area contributed by atoms with E-state index in [0.717, 1.165) is 12.4 Å². The predicted molar refractivity (Wildman–Crippen MR) is 65.0 cm³/mol. The van der Waals surface area contributed by atoms with Crippen molar-refractivity contribution in [2.75, 3.05) is 44.5 Å². The van der Waals surface area contributed by atoms with Crippen molar-refractivity contribution >= 4 is 11.5 Å². The summed E-state index contributed by atoms with van der Waals surface area (Å²) < 4.78 is 10.3. The van der Waals surface area contributed by atoms with Gasteiger partial charge in [-0.15, -0.1) is 0 Å². The van der Waals surface area contributed by atoms with Crippen molar-refractivity contribution in [3.63, 3.8) is 0 Å². The van der Waals surface area contributed by atoms with Crippen LogP contribution in [0.4, 0.5) is 11.5 Å². The number of nitrogens with zero attached hydrogens (tertiary/aromatic N) is 2. The third kappa shape index (κ3) is 3.27. The van der Waals surface area contributed by atoms with E-state index >= 15 is 0 Å². The molecule has 5 nitrogen and oxygen atoms in total. The van der Waals surface area contributed by atoms with Gasteiger partial charge in [-0.05, 0) is 19.1 Å². The van der Waals surface area contributed by atoms with E-state index in [0.29, 0.717) is 24.8 Å². The number of rotatable bonds is 6. The second kappa shape index (κ2) is 6.17. The van der Waals surface area contributed by atoms with Crippen LogP contribution in [0.3, 0.4) is 0 Å². The molecule has 0 saturated heterocycles. The molecule has 16 heavy (non-hydrogen) atoms.